The zero-order chi connectivity index (χ0) is 21.1. The van der Waals surface area contributed by atoms with Gasteiger partial charge in [0, 0.05) is 29.1 Å². The molecule has 1 aliphatic heterocycles. The van der Waals surface area contributed by atoms with Crippen molar-refractivity contribution in [2.45, 2.75) is 25.4 Å². The maximum absolute atomic E-state index is 13.2. The van der Waals surface area contributed by atoms with E-state index < -0.39 is 0 Å². The van der Waals surface area contributed by atoms with Crippen LogP contribution in [0, 0.1) is 0 Å². The van der Waals surface area contributed by atoms with E-state index in [1.54, 1.807) is 0 Å². The molecule has 5 nitrogen and oxygen atoms in total. The first kappa shape index (κ1) is 20.9. The summed E-state index contributed by atoms with van der Waals surface area (Å²) in [6.07, 6.45) is 2.36. The van der Waals surface area contributed by atoms with Crippen molar-refractivity contribution in [3.05, 3.63) is 70.4 Å². The molecule has 4 rings (SSSR count). The lowest BCUT2D eigenvalue weighted by Gasteiger charge is -2.28. The summed E-state index contributed by atoms with van der Waals surface area (Å²) in [5, 5.41) is 4.84. The van der Waals surface area contributed by atoms with E-state index in [2.05, 4.69) is 16.3 Å². The van der Waals surface area contributed by atoms with Gasteiger partial charge in [-0.05, 0) is 63.8 Å². The highest BCUT2D eigenvalue weighted by Crippen LogP contribution is 2.29. The first-order valence-electron chi connectivity index (χ1n) is 10.5. The Labute approximate surface area is 182 Å². The van der Waals surface area contributed by atoms with Gasteiger partial charge < -0.3 is 14.6 Å². The normalized spacial score (nSPS) is 15.7. The fourth-order valence-electron chi connectivity index (χ4n) is 4.25. The summed E-state index contributed by atoms with van der Waals surface area (Å²) in [5.41, 5.74) is 2.79. The molecule has 6 heteroatoms. The highest BCUT2D eigenvalue weighted by atomic mass is 35.5. The van der Waals surface area contributed by atoms with E-state index in [0.29, 0.717) is 23.9 Å². The number of nitrogens with one attached hydrogen (secondary N) is 1. The maximum Gasteiger partial charge on any atom is 0.287 e. The van der Waals surface area contributed by atoms with Gasteiger partial charge in [-0.15, -0.1) is 0 Å². The maximum atomic E-state index is 13.2. The van der Waals surface area contributed by atoms with Crippen LogP contribution in [0.25, 0.3) is 11.0 Å². The molecule has 3 aromatic rings. The van der Waals surface area contributed by atoms with Gasteiger partial charge in [0.1, 0.15) is 5.58 Å². The van der Waals surface area contributed by atoms with Crippen molar-refractivity contribution < 1.29 is 9.21 Å². The molecule has 0 aliphatic carbocycles. The SMILES string of the molecule is CN(C)Cc1c(C(=O)NCC(c2cccc(Cl)c2)N2CCCC2)oc2ccccc12. The van der Waals surface area contributed by atoms with E-state index in [9.17, 15) is 4.79 Å². The van der Waals surface area contributed by atoms with E-state index in [1.807, 2.05) is 61.5 Å². The quantitative estimate of drug-likeness (QED) is 0.595. The van der Waals surface area contributed by atoms with Crippen molar-refractivity contribution in [1.29, 1.82) is 0 Å². The number of para-hydroxylation sites is 1. The molecule has 2 heterocycles. The third-order valence-corrected chi connectivity index (χ3v) is 5.88. The van der Waals surface area contributed by atoms with E-state index in [1.165, 1.54) is 12.8 Å². The minimum atomic E-state index is -0.172. The molecule has 0 saturated carbocycles. The molecule has 1 saturated heterocycles. The number of halogens is 1. The summed E-state index contributed by atoms with van der Waals surface area (Å²) in [7, 11) is 3.98. The second-order valence-corrected chi connectivity index (χ2v) is 8.60. The van der Waals surface area contributed by atoms with Gasteiger partial charge in [-0.25, -0.2) is 0 Å². The number of rotatable bonds is 7. The Balaban J connectivity index is 1.58. The Hall–Kier alpha value is -2.34. The van der Waals surface area contributed by atoms with E-state index in [4.69, 9.17) is 16.0 Å². The number of carbonyl (C=O) groups excluding carboxylic acids is 1. The number of nitrogens with zero attached hydrogens (tertiary/aromatic N) is 2. The van der Waals surface area contributed by atoms with Crippen LogP contribution in [0.1, 0.15) is 40.6 Å². The van der Waals surface area contributed by atoms with Gasteiger partial charge >= 0.3 is 0 Å². The van der Waals surface area contributed by atoms with Crippen LogP contribution in [-0.4, -0.2) is 49.4 Å². The molecule has 0 bridgehead atoms. The number of carbonyl (C=O) groups is 1. The third kappa shape index (κ3) is 4.53. The minimum absolute atomic E-state index is 0.0943. The van der Waals surface area contributed by atoms with Crippen molar-refractivity contribution in [3.8, 4) is 0 Å². The van der Waals surface area contributed by atoms with Crippen LogP contribution in [-0.2, 0) is 6.54 Å². The largest absolute Gasteiger partial charge is 0.451 e. The van der Waals surface area contributed by atoms with Gasteiger partial charge in [0.05, 0.1) is 6.04 Å². The topological polar surface area (TPSA) is 48.7 Å². The Bertz CT molecular complexity index is 1020. The Morgan fingerprint density at radius 2 is 1.93 bits per heavy atom. The fourth-order valence-corrected chi connectivity index (χ4v) is 4.45. The second kappa shape index (κ2) is 9.21. The summed E-state index contributed by atoms with van der Waals surface area (Å²) >= 11 is 6.24. The van der Waals surface area contributed by atoms with Crippen molar-refractivity contribution in [2.24, 2.45) is 0 Å². The zero-order valence-electron chi connectivity index (χ0n) is 17.5. The predicted octanol–water partition coefficient (Wildman–Crippen LogP) is 4.71. The summed E-state index contributed by atoms with van der Waals surface area (Å²) in [4.78, 5) is 17.6. The summed E-state index contributed by atoms with van der Waals surface area (Å²) in [6, 6.07) is 15.8. The molecule has 1 aromatic heterocycles. The van der Waals surface area contributed by atoms with Gasteiger partial charge in [0.15, 0.2) is 5.76 Å². The molecular formula is C24H28ClN3O2. The van der Waals surface area contributed by atoms with Gasteiger partial charge in [0.25, 0.3) is 5.91 Å². The number of likely N-dealkylation sites (tertiary alicyclic amines) is 1. The molecule has 1 atom stereocenters. The highest BCUT2D eigenvalue weighted by Gasteiger charge is 2.26. The van der Waals surface area contributed by atoms with Crippen LogP contribution in [0.4, 0.5) is 0 Å². The monoisotopic (exact) mass is 425 g/mol. The number of fused-ring (bicyclic) bond motifs is 1. The third-order valence-electron chi connectivity index (χ3n) is 5.65. The van der Waals surface area contributed by atoms with E-state index >= 15 is 0 Å². The summed E-state index contributed by atoms with van der Waals surface area (Å²) < 4.78 is 5.97. The van der Waals surface area contributed by atoms with Gasteiger partial charge in [-0.1, -0.05) is 41.9 Å². The van der Waals surface area contributed by atoms with Gasteiger partial charge in [-0.2, -0.15) is 0 Å². The Morgan fingerprint density at radius 3 is 2.67 bits per heavy atom. The Kier molecular flexibility index (Phi) is 6.42. The van der Waals surface area contributed by atoms with Crippen LogP contribution in [0.15, 0.2) is 52.9 Å². The molecule has 1 fully saturated rings. The lowest BCUT2D eigenvalue weighted by Crippen LogP contribution is -2.37. The average molecular weight is 426 g/mol. The van der Waals surface area contributed by atoms with Crippen molar-refractivity contribution in [1.82, 2.24) is 15.1 Å². The van der Waals surface area contributed by atoms with Gasteiger partial charge in [0.2, 0.25) is 0 Å². The molecule has 1 unspecified atom stereocenters. The molecular weight excluding hydrogens is 398 g/mol. The van der Waals surface area contributed by atoms with Crippen LogP contribution in [0.3, 0.4) is 0 Å². The standard InChI is InChI=1S/C24H28ClN3O2/c1-27(2)16-20-19-10-3-4-11-22(19)30-23(20)24(29)26-15-21(28-12-5-6-13-28)17-8-7-9-18(25)14-17/h3-4,7-11,14,21H,5-6,12-13,15-16H2,1-2H3,(H,26,29). The second-order valence-electron chi connectivity index (χ2n) is 8.17. The highest BCUT2D eigenvalue weighted by molar-refractivity contribution is 6.30. The van der Waals surface area contributed by atoms with Crippen molar-refractivity contribution in [2.75, 3.05) is 33.7 Å². The van der Waals surface area contributed by atoms with Crippen molar-refractivity contribution in [3.63, 3.8) is 0 Å². The molecule has 158 valence electrons. The lowest BCUT2D eigenvalue weighted by molar-refractivity contribution is 0.0910. The summed E-state index contributed by atoms with van der Waals surface area (Å²) in [5.74, 6) is 0.227. The molecule has 1 aliphatic rings. The number of hydrogen-bond acceptors (Lipinski definition) is 4. The fraction of sp³-hybridized carbons (Fsp3) is 0.375. The zero-order valence-corrected chi connectivity index (χ0v) is 18.3. The van der Waals surface area contributed by atoms with Crippen LogP contribution in [0.2, 0.25) is 5.02 Å². The minimum Gasteiger partial charge on any atom is -0.451 e. The van der Waals surface area contributed by atoms with E-state index in [0.717, 1.165) is 35.2 Å². The van der Waals surface area contributed by atoms with Crippen LogP contribution < -0.4 is 5.32 Å². The number of hydrogen-bond donors (Lipinski definition) is 1. The first-order valence-corrected chi connectivity index (χ1v) is 10.8. The predicted molar refractivity (Wildman–Crippen MR) is 121 cm³/mol. The number of amides is 1. The molecule has 30 heavy (non-hydrogen) atoms. The molecule has 0 radical (unpaired) electrons. The van der Waals surface area contributed by atoms with Crippen LogP contribution >= 0.6 is 11.6 Å². The molecule has 0 spiro atoms. The Morgan fingerprint density at radius 1 is 1.17 bits per heavy atom. The average Bonchev–Trinajstić information content (AvgIpc) is 3.37. The summed E-state index contributed by atoms with van der Waals surface area (Å²) in [6.45, 7) is 3.22. The number of benzene rings is 2. The molecule has 1 amide bonds. The first-order chi connectivity index (χ1) is 14.5. The molecule has 1 N–H and O–H groups in total. The van der Waals surface area contributed by atoms with Crippen molar-refractivity contribution >= 4 is 28.5 Å². The molecule has 2 aromatic carbocycles. The van der Waals surface area contributed by atoms with Gasteiger partial charge in [-0.3, -0.25) is 9.69 Å². The number of furan rings is 1. The smallest absolute Gasteiger partial charge is 0.287 e. The lowest BCUT2D eigenvalue weighted by atomic mass is 10.1. The van der Waals surface area contributed by atoms with E-state index in [-0.39, 0.29) is 11.9 Å². The van der Waals surface area contributed by atoms with Crippen LogP contribution in [0.5, 0.6) is 0 Å².